The van der Waals surface area contributed by atoms with Crippen LogP contribution in [0.2, 0.25) is 0 Å². The van der Waals surface area contributed by atoms with Crippen LogP contribution in [0.25, 0.3) is 0 Å². The molecule has 24 heavy (non-hydrogen) atoms. The molecule has 130 valence electrons. The highest BCUT2D eigenvalue weighted by molar-refractivity contribution is 7.89. The molecule has 0 spiro atoms. The third-order valence-electron chi connectivity index (χ3n) is 4.27. The normalized spacial score (nSPS) is 19.4. The Labute approximate surface area is 147 Å². The molecule has 0 radical (unpaired) electrons. The Kier molecular flexibility index (Phi) is 4.96. The predicted octanol–water partition coefficient (Wildman–Crippen LogP) is 2.71. The van der Waals surface area contributed by atoms with Crippen molar-refractivity contribution in [2.24, 2.45) is 0 Å². The number of para-hydroxylation sites is 1. The Morgan fingerprint density at radius 3 is 2.71 bits per heavy atom. The topological polar surface area (TPSA) is 58.6 Å². The van der Waals surface area contributed by atoms with Gasteiger partial charge in [-0.15, -0.1) is 11.3 Å². The molecule has 1 atom stereocenters. The first kappa shape index (κ1) is 17.4. The predicted molar refractivity (Wildman–Crippen MR) is 96.3 cm³/mol. The van der Waals surface area contributed by atoms with E-state index in [4.69, 9.17) is 4.74 Å². The van der Waals surface area contributed by atoms with Gasteiger partial charge in [0.25, 0.3) is 0 Å². The van der Waals surface area contributed by atoms with Crippen molar-refractivity contribution in [1.82, 2.24) is 9.62 Å². The number of aryl methyl sites for hydroxylation is 2. The molecular formula is C17H22N2O3S2. The molecule has 1 fully saturated rings. The Morgan fingerprint density at radius 2 is 2.04 bits per heavy atom. The molecule has 1 aromatic carbocycles. The molecule has 0 bridgehead atoms. The summed E-state index contributed by atoms with van der Waals surface area (Å²) in [7, 11) is -1.93. The summed E-state index contributed by atoms with van der Waals surface area (Å²) in [6.45, 7) is 5.46. The molecule has 3 rings (SSSR count). The fourth-order valence-electron chi connectivity index (χ4n) is 3.17. The fraction of sp³-hybridized carbons (Fsp3) is 0.412. The molecule has 1 N–H and O–H groups in total. The number of sulfonamides is 1. The van der Waals surface area contributed by atoms with Gasteiger partial charge in [-0.2, -0.15) is 4.31 Å². The maximum Gasteiger partial charge on any atom is 0.244 e. The van der Waals surface area contributed by atoms with Gasteiger partial charge in [-0.25, -0.2) is 8.42 Å². The van der Waals surface area contributed by atoms with Crippen molar-refractivity contribution in [1.29, 1.82) is 0 Å². The van der Waals surface area contributed by atoms with Gasteiger partial charge in [0.05, 0.1) is 18.0 Å². The van der Waals surface area contributed by atoms with E-state index in [9.17, 15) is 8.42 Å². The van der Waals surface area contributed by atoms with Crippen LogP contribution in [0, 0.1) is 13.8 Å². The quantitative estimate of drug-likeness (QED) is 0.904. The van der Waals surface area contributed by atoms with Crippen LogP contribution >= 0.6 is 11.3 Å². The van der Waals surface area contributed by atoms with E-state index in [1.807, 2.05) is 38.1 Å². The molecule has 1 unspecified atom stereocenters. The minimum atomic E-state index is -3.55. The second kappa shape index (κ2) is 6.84. The van der Waals surface area contributed by atoms with Crippen molar-refractivity contribution in [2.45, 2.75) is 24.8 Å². The van der Waals surface area contributed by atoms with Gasteiger partial charge in [-0.05, 0) is 26.0 Å². The average molecular weight is 367 g/mol. The van der Waals surface area contributed by atoms with Crippen LogP contribution in [0.1, 0.15) is 21.4 Å². The zero-order valence-electron chi connectivity index (χ0n) is 14.1. The minimum absolute atomic E-state index is 0.278. The minimum Gasteiger partial charge on any atom is -0.496 e. The number of piperazine rings is 1. The summed E-state index contributed by atoms with van der Waals surface area (Å²) in [6.07, 6.45) is 0. The first-order valence-corrected chi connectivity index (χ1v) is 10.1. The van der Waals surface area contributed by atoms with Gasteiger partial charge in [0.1, 0.15) is 5.75 Å². The van der Waals surface area contributed by atoms with E-state index in [0.29, 0.717) is 30.3 Å². The highest BCUT2D eigenvalue weighted by Crippen LogP contribution is 2.36. The van der Waals surface area contributed by atoms with Gasteiger partial charge in [0.15, 0.2) is 0 Å². The van der Waals surface area contributed by atoms with Crippen LogP contribution in [0.3, 0.4) is 0 Å². The van der Waals surface area contributed by atoms with Gasteiger partial charge < -0.3 is 10.1 Å². The number of rotatable bonds is 4. The highest BCUT2D eigenvalue weighted by atomic mass is 32.2. The Morgan fingerprint density at radius 1 is 1.29 bits per heavy atom. The van der Waals surface area contributed by atoms with Gasteiger partial charge in [0.2, 0.25) is 10.0 Å². The van der Waals surface area contributed by atoms with Crippen molar-refractivity contribution < 1.29 is 13.2 Å². The Hall–Kier alpha value is -1.41. The lowest BCUT2D eigenvalue weighted by molar-refractivity contribution is 0.264. The number of hydrogen-bond acceptors (Lipinski definition) is 5. The largest absolute Gasteiger partial charge is 0.496 e. The number of methoxy groups -OCH3 is 1. The lowest BCUT2D eigenvalue weighted by Gasteiger charge is -2.36. The van der Waals surface area contributed by atoms with E-state index in [1.165, 1.54) is 11.3 Å². The number of nitrogens with zero attached hydrogens (tertiary/aromatic N) is 1. The van der Waals surface area contributed by atoms with E-state index in [2.05, 4.69) is 5.32 Å². The SMILES string of the molecule is COc1ccccc1C1CNCCN1S(=O)(=O)c1cc(C)sc1C. The molecule has 0 amide bonds. The van der Waals surface area contributed by atoms with E-state index >= 15 is 0 Å². The van der Waals surface area contributed by atoms with Crippen molar-refractivity contribution in [3.05, 3.63) is 45.6 Å². The van der Waals surface area contributed by atoms with Crippen LogP contribution in [0.5, 0.6) is 5.75 Å². The van der Waals surface area contributed by atoms with Gasteiger partial charge in [0, 0.05) is 35.0 Å². The van der Waals surface area contributed by atoms with Gasteiger partial charge in [-0.1, -0.05) is 18.2 Å². The molecule has 0 saturated carbocycles. The van der Waals surface area contributed by atoms with E-state index in [0.717, 1.165) is 15.3 Å². The molecule has 2 aromatic rings. The maximum absolute atomic E-state index is 13.3. The lowest BCUT2D eigenvalue weighted by Crippen LogP contribution is -2.48. The van der Waals surface area contributed by atoms with Crippen LogP contribution in [-0.4, -0.2) is 39.5 Å². The number of benzene rings is 1. The van der Waals surface area contributed by atoms with Crippen molar-refractivity contribution in [2.75, 3.05) is 26.7 Å². The molecule has 5 nitrogen and oxygen atoms in total. The van der Waals surface area contributed by atoms with Crippen LogP contribution < -0.4 is 10.1 Å². The average Bonchev–Trinajstić information content (AvgIpc) is 2.94. The first-order valence-electron chi connectivity index (χ1n) is 7.87. The monoisotopic (exact) mass is 366 g/mol. The Balaban J connectivity index is 2.05. The Bertz CT molecular complexity index is 830. The second-order valence-corrected chi connectivity index (χ2v) is 9.17. The van der Waals surface area contributed by atoms with Crippen LogP contribution in [0.4, 0.5) is 0 Å². The second-order valence-electron chi connectivity index (χ2n) is 5.86. The molecule has 2 heterocycles. The molecule has 1 aromatic heterocycles. The van der Waals surface area contributed by atoms with Crippen molar-refractivity contribution >= 4 is 21.4 Å². The zero-order chi connectivity index (χ0) is 17.3. The van der Waals surface area contributed by atoms with Gasteiger partial charge >= 0.3 is 0 Å². The summed E-state index contributed by atoms with van der Waals surface area (Å²) in [4.78, 5) is 2.27. The molecule has 1 saturated heterocycles. The molecule has 0 aliphatic carbocycles. The van der Waals surface area contributed by atoms with E-state index in [-0.39, 0.29) is 6.04 Å². The summed E-state index contributed by atoms with van der Waals surface area (Å²) >= 11 is 1.52. The van der Waals surface area contributed by atoms with Gasteiger partial charge in [-0.3, -0.25) is 0 Å². The van der Waals surface area contributed by atoms with Crippen molar-refractivity contribution in [3.8, 4) is 5.75 Å². The van der Waals surface area contributed by atoms with Crippen molar-refractivity contribution in [3.63, 3.8) is 0 Å². The third-order valence-corrected chi connectivity index (χ3v) is 7.40. The van der Waals surface area contributed by atoms with E-state index < -0.39 is 10.0 Å². The zero-order valence-corrected chi connectivity index (χ0v) is 15.7. The smallest absolute Gasteiger partial charge is 0.244 e. The summed E-state index contributed by atoms with van der Waals surface area (Å²) in [5.41, 5.74) is 0.889. The third kappa shape index (κ3) is 3.09. The molecule has 1 aliphatic rings. The summed E-state index contributed by atoms with van der Waals surface area (Å²) in [5.74, 6) is 0.713. The van der Waals surface area contributed by atoms with Crippen LogP contribution in [-0.2, 0) is 10.0 Å². The van der Waals surface area contributed by atoms with Crippen LogP contribution in [0.15, 0.2) is 35.2 Å². The number of nitrogens with one attached hydrogen (secondary N) is 1. The standard InChI is InChI=1S/C17H22N2O3S2/c1-12-10-17(13(2)23-12)24(20,21)19-9-8-18-11-15(19)14-6-4-5-7-16(14)22-3/h4-7,10,15,18H,8-9,11H2,1-3H3. The number of ether oxygens (including phenoxy) is 1. The molecular weight excluding hydrogens is 344 g/mol. The summed E-state index contributed by atoms with van der Waals surface area (Å²) in [5, 5.41) is 3.30. The molecule has 1 aliphatic heterocycles. The first-order chi connectivity index (χ1) is 11.4. The number of hydrogen-bond donors (Lipinski definition) is 1. The summed E-state index contributed by atoms with van der Waals surface area (Å²) in [6, 6.07) is 9.11. The highest BCUT2D eigenvalue weighted by Gasteiger charge is 2.36. The summed E-state index contributed by atoms with van der Waals surface area (Å²) < 4.78 is 33.6. The maximum atomic E-state index is 13.3. The van der Waals surface area contributed by atoms with E-state index in [1.54, 1.807) is 17.5 Å². The fourth-order valence-corrected chi connectivity index (χ4v) is 6.30. The number of thiophene rings is 1. The lowest BCUT2D eigenvalue weighted by atomic mass is 10.0. The molecule has 7 heteroatoms.